The van der Waals surface area contributed by atoms with Gasteiger partial charge in [0.2, 0.25) is 0 Å². The molecule has 5 heteroatoms. The Kier molecular flexibility index (Phi) is 5.68. The van der Waals surface area contributed by atoms with E-state index in [1.165, 1.54) is 5.56 Å². The fourth-order valence-corrected chi connectivity index (χ4v) is 3.52. The molecule has 1 aromatic heterocycles. The lowest BCUT2D eigenvalue weighted by Gasteiger charge is -2.37. The van der Waals surface area contributed by atoms with Gasteiger partial charge in [-0.05, 0) is 50.8 Å². The van der Waals surface area contributed by atoms with Gasteiger partial charge in [-0.15, -0.1) is 0 Å². The van der Waals surface area contributed by atoms with E-state index in [-0.39, 0.29) is 0 Å². The number of methoxy groups -OCH3 is 1. The zero-order valence-electron chi connectivity index (χ0n) is 16.2. The van der Waals surface area contributed by atoms with Gasteiger partial charge >= 0.3 is 0 Å². The number of hydrogen-bond acceptors (Lipinski definition) is 5. The molecule has 3 atom stereocenters. The summed E-state index contributed by atoms with van der Waals surface area (Å²) in [5.41, 5.74) is 1.30. The Morgan fingerprint density at radius 2 is 2.04 bits per heavy atom. The second-order valence-corrected chi connectivity index (χ2v) is 7.64. The standard InChI is InChI=1S/C21H30N2O3/c1-5-21(3,24)20-12-19(22-26-20)17-9-6-15(2)23(14-17)13-16-7-10-18(25-4)11-8-16/h7-8,10-12,15,17,24H,5-6,9,13-14H2,1-4H3/t15-,17-,21?/m1/s1. The molecule has 1 saturated heterocycles. The molecule has 1 aromatic carbocycles. The molecule has 3 rings (SSSR count). The van der Waals surface area contributed by atoms with Gasteiger partial charge in [-0.25, -0.2) is 0 Å². The number of piperidine rings is 1. The van der Waals surface area contributed by atoms with E-state index in [0.29, 0.717) is 24.1 Å². The van der Waals surface area contributed by atoms with Gasteiger partial charge in [-0.1, -0.05) is 24.2 Å². The van der Waals surface area contributed by atoms with Crippen molar-refractivity contribution >= 4 is 0 Å². The van der Waals surface area contributed by atoms with Crippen LogP contribution in [0.3, 0.4) is 0 Å². The van der Waals surface area contributed by atoms with E-state index >= 15 is 0 Å². The van der Waals surface area contributed by atoms with Crippen LogP contribution in [0.5, 0.6) is 5.75 Å². The average Bonchev–Trinajstić information content (AvgIpc) is 3.15. The number of hydrogen-bond donors (Lipinski definition) is 1. The van der Waals surface area contributed by atoms with Crippen LogP contribution in [-0.4, -0.2) is 34.9 Å². The van der Waals surface area contributed by atoms with E-state index in [1.807, 2.05) is 25.1 Å². The highest BCUT2D eigenvalue weighted by atomic mass is 16.5. The first-order valence-electron chi connectivity index (χ1n) is 9.49. The topological polar surface area (TPSA) is 58.7 Å². The molecule has 0 saturated carbocycles. The molecular weight excluding hydrogens is 328 g/mol. The molecule has 26 heavy (non-hydrogen) atoms. The third kappa shape index (κ3) is 4.10. The van der Waals surface area contributed by atoms with Crippen LogP contribution in [0.4, 0.5) is 0 Å². The maximum Gasteiger partial charge on any atom is 0.168 e. The summed E-state index contributed by atoms with van der Waals surface area (Å²) >= 11 is 0. The van der Waals surface area contributed by atoms with Crippen LogP contribution in [-0.2, 0) is 12.1 Å². The predicted octanol–water partition coefficient (Wildman–Crippen LogP) is 4.07. The zero-order chi connectivity index (χ0) is 18.7. The van der Waals surface area contributed by atoms with Gasteiger partial charge in [-0.2, -0.15) is 0 Å². The zero-order valence-corrected chi connectivity index (χ0v) is 16.2. The summed E-state index contributed by atoms with van der Waals surface area (Å²) in [5.74, 6) is 1.79. The van der Waals surface area contributed by atoms with Gasteiger partial charge in [0.1, 0.15) is 11.4 Å². The molecular formula is C21H30N2O3. The fraction of sp³-hybridized carbons (Fsp3) is 0.571. The van der Waals surface area contributed by atoms with Crippen LogP contribution >= 0.6 is 0 Å². The first kappa shape index (κ1) is 18.9. The van der Waals surface area contributed by atoms with Gasteiger partial charge in [-0.3, -0.25) is 4.90 Å². The van der Waals surface area contributed by atoms with E-state index in [9.17, 15) is 5.11 Å². The summed E-state index contributed by atoms with van der Waals surface area (Å²) in [4.78, 5) is 2.50. The Morgan fingerprint density at radius 1 is 1.31 bits per heavy atom. The Labute approximate surface area is 155 Å². The van der Waals surface area contributed by atoms with E-state index in [4.69, 9.17) is 9.26 Å². The van der Waals surface area contributed by atoms with E-state index in [0.717, 1.165) is 37.4 Å². The van der Waals surface area contributed by atoms with Gasteiger partial charge < -0.3 is 14.4 Å². The van der Waals surface area contributed by atoms with Crippen molar-refractivity contribution in [2.24, 2.45) is 0 Å². The number of aliphatic hydroxyl groups is 1. The summed E-state index contributed by atoms with van der Waals surface area (Å²) in [6.07, 6.45) is 2.83. The summed E-state index contributed by atoms with van der Waals surface area (Å²) in [6, 6.07) is 10.8. The molecule has 1 fully saturated rings. The van der Waals surface area contributed by atoms with Crippen LogP contribution in [0.1, 0.15) is 63.0 Å². The van der Waals surface area contributed by atoms with Gasteiger partial charge in [0.15, 0.2) is 5.76 Å². The molecule has 1 N–H and O–H groups in total. The van der Waals surface area contributed by atoms with Crippen LogP contribution in [0.15, 0.2) is 34.9 Å². The number of nitrogens with zero attached hydrogens (tertiary/aromatic N) is 2. The number of rotatable bonds is 6. The minimum Gasteiger partial charge on any atom is -0.497 e. The van der Waals surface area contributed by atoms with Crippen molar-refractivity contribution in [2.45, 2.75) is 64.1 Å². The molecule has 1 aliphatic rings. The molecule has 1 unspecified atom stereocenters. The van der Waals surface area contributed by atoms with Crippen molar-refractivity contribution in [3.8, 4) is 5.75 Å². The SMILES string of the molecule is CCC(C)(O)c1cc([C@@H]2CC[C@@H](C)N(Cc3ccc(OC)cc3)C2)no1. The summed E-state index contributed by atoms with van der Waals surface area (Å²) in [5, 5.41) is 14.6. The Hall–Kier alpha value is -1.85. The average molecular weight is 358 g/mol. The first-order chi connectivity index (χ1) is 12.4. The monoisotopic (exact) mass is 358 g/mol. The molecule has 0 radical (unpaired) electrons. The van der Waals surface area contributed by atoms with Crippen LogP contribution in [0, 0.1) is 0 Å². The molecule has 0 spiro atoms. The highest BCUT2D eigenvalue weighted by Crippen LogP contribution is 2.33. The van der Waals surface area contributed by atoms with Crippen LogP contribution < -0.4 is 4.74 Å². The lowest BCUT2D eigenvalue weighted by atomic mass is 9.89. The molecule has 0 bridgehead atoms. The second-order valence-electron chi connectivity index (χ2n) is 7.64. The lowest BCUT2D eigenvalue weighted by Crippen LogP contribution is -2.40. The third-order valence-electron chi connectivity index (χ3n) is 5.72. The van der Waals surface area contributed by atoms with Gasteiger partial charge in [0, 0.05) is 31.1 Å². The quantitative estimate of drug-likeness (QED) is 0.843. The van der Waals surface area contributed by atoms with Crippen molar-refractivity contribution < 1.29 is 14.4 Å². The van der Waals surface area contributed by atoms with Gasteiger partial charge in [0.05, 0.1) is 12.8 Å². The third-order valence-corrected chi connectivity index (χ3v) is 5.72. The Bertz CT molecular complexity index is 708. The highest BCUT2D eigenvalue weighted by molar-refractivity contribution is 5.27. The maximum atomic E-state index is 10.4. The Balaban J connectivity index is 1.69. The molecule has 2 heterocycles. The van der Waals surface area contributed by atoms with E-state index in [2.05, 4.69) is 29.1 Å². The maximum absolute atomic E-state index is 10.4. The van der Waals surface area contributed by atoms with Gasteiger partial charge in [0.25, 0.3) is 0 Å². The number of benzene rings is 1. The van der Waals surface area contributed by atoms with Crippen LogP contribution in [0.2, 0.25) is 0 Å². The smallest absolute Gasteiger partial charge is 0.168 e. The van der Waals surface area contributed by atoms with Crippen molar-refractivity contribution in [2.75, 3.05) is 13.7 Å². The second kappa shape index (κ2) is 7.80. The number of likely N-dealkylation sites (tertiary alicyclic amines) is 1. The minimum absolute atomic E-state index is 0.342. The van der Waals surface area contributed by atoms with E-state index in [1.54, 1.807) is 14.0 Å². The normalized spacial score (nSPS) is 23.6. The first-order valence-corrected chi connectivity index (χ1v) is 9.49. The number of aromatic nitrogens is 1. The molecule has 142 valence electrons. The fourth-order valence-electron chi connectivity index (χ4n) is 3.52. The van der Waals surface area contributed by atoms with Crippen LogP contribution in [0.25, 0.3) is 0 Å². The van der Waals surface area contributed by atoms with Crippen molar-refractivity contribution in [3.63, 3.8) is 0 Å². The summed E-state index contributed by atoms with van der Waals surface area (Å²) in [7, 11) is 1.69. The van der Waals surface area contributed by atoms with E-state index < -0.39 is 5.60 Å². The molecule has 0 amide bonds. The molecule has 1 aliphatic heterocycles. The van der Waals surface area contributed by atoms with Crippen molar-refractivity contribution in [3.05, 3.63) is 47.3 Å². The molecule has 0 aliphatic carbocycles. The van der Waals surface area contributed by atoms with Crippen molar-refractivity contribution in [1.29, 1.82) is 0 Å². The van der Waals surface area contributed by atoms with Crippen molar-refractivity contribution in [1.82, 2.24) is 10.1 Å². The predicted molar refractivity (Wildman–Crippen MR) is 101 cm³/mol. The summed E-state index contributed by atoms with van der Waals surface area (Å²) < 4.78 is 10.7. The largest absolute Gasteiger partial charge is 0.497 e. The summed E-state index contributed by atoms with van der Waals surface area (Å²) in [6.45, 7) is 7.87. The lowest BCUT2D eigenvalue weighted by molar-refractivity contribution is 0.0243. The Morgan fingerprint density at radius 3 is 2.69 bits per heavy atom. The minimum atomic E-state index is -0.948. The molecule has 5 nitrogen and oxygen atoms in total. The highest BCUT2D eigenvalue weighted by Gasteiger charge is 2.31. The number of ether oxygens (including phenoxy) is 1. The molecule has 2 aromatic rings.